The number of carbonyl (C=O) groups excluding carboxylic acids is 1. The van der Waals surface area contributed by atoms with Crippen LogP contribution < -0.4 is 10.6 Å². The Morgan fingerprint density at radius 2 is 2.33 bits per heavy atom. The molecule has 0 atom stereocenters. The summed E-state index contributed by atoms with van der Waals surface area (Å²) in [6.07, 6.45) is 3.91. The fourth-order valence-electron chi connectivity index (χ4n) is 1.76. The topological polar surface area (TPSA) is 71.8 Å². The first-order valence-electron chi connectivity index (χ1n) is 5.16. The number of piperidine rings is 1. The van der Waals surface area contributed by atoms with Crippen LogP contribution in [0, 0.1) is 0 Å². The van der Waals surface area contributed by atoms with Crippen molar-refractivity contribution in [3.8, 4) is 0 Å². The number of amides is 1. The van der Waals surface area contributed by atoms with E-state index in [4.69, 9.17) is 0 Å². The summed E-state index contributed by atoms with van der Waals surface area (Å²) in [7, 11) is 0. The Bertz CT molecular complexity index is 342. The second-order valence-corrected chi connectivity index (χ2v) is 3.75. The van der Waals surface area contributed by atoms with Crippen molar-refractivity contribution < 1.29 is 4.79 Å². The number of nitrogens with one attached hydrogen (secondary N) is 2. The molecule has 1 amide bonds. The van der Waals surface area contributed by atoms with Crippen molar-refractivity contribution in [1.82, 2.24) is 20.3 Å². The van der Waals surface area contributed by atoms with Crippen LogP contribution in [0.5, 0.6) is 0 Å². The molecule has 6 nitrogen and oxygen atoms in total. The SMILES string of the molecule is CC(=O)Nc1cn(C2CCNCC2)nn1. The Morgan fingerprint density at radius 3 is 3.00 bits per heavy atom. The third kappa shape index (κ3) is 2.53. The van der Waals surface area contributed by atoms with Gasteiger partial charge in [-0.1, -0.05) is 5.21 Å². The first-order chi connectivity index (χ1) is 7.25. The summed E-state index contributed by atoms with van der Waals surface area (Å²) in [4.78, 5) is 10.8. The molecule has 1 fully saturated rings. The molecule has 0 bridgehead atoms. The van der Waals surface area contributed by atoms with Crippen LogP contribution in [0.4, 0.5) is 5.82 Å². The maximum atomic E-state index is 10.8. The molecule has 2 N–H and O–H groups in total. The molecule has 82 valence electrons. The Balaban J connectivity index is 2.02. The molecule has 15 heavy (non-hydrogen) atoms. The van der Waals surface area contributed by atoms with Gasteiger partial charge in [-0.2, -0.15) is 0 Å². The first-order valence-corrected chi connectivity index (χ1v) is 5.16. The van der Waals surface area contributed by atoms with Crippen molar-refractivity contribution in [3.63, 3.8) is 0 Å². The number of carbonyl (C=O) groups is 1. The smallest absolute Gasteiger partial charge is 0.222 e. The maximum absolute atomic E-state index is 10.8. The molecular formula is C9H15N5O. The minimum absolute atomic E-state index is 0.118. The summed E-state index contributed by atoms with van der Waals surface area (Å²) in [6, 6.07) is 0.404. The van der Waals surface area contributed by atoms with Crippen LogP contribution in [-0.2, 0) is 4.79 Å². The standard InChI is InChI=1S/C9H15N5O/c1-7(15)11-9-6-14(13-12-9)8-2-4-10-5-3-8/h6,8,10H,2-5H2,1H3,(H,11,15). The van der Waals surface area contributed by atoms with Gasteiger partial charge in [0.2, 0.25) is 5.91 Å². The van der Waals surface area contributed by atoms with Crippen molar-refractivity contribution in [1.29, 1.82) is 0 Å². The van der Waals surface area contributed by atoms with E-state index >= 15 is 0 Å². The van der Waals surface area contributed by atoms with Gasteiger partial charge in [-0.05, 0) is 25.9 Å². The van der Waals surface area contributed by atoms with Crippen molar-refractivity contribution in [2.24, 2.45) is 0 Å². The number of hydrogen-bond donors (Lipinski definition) is 2. The highest BCUT2D eigenvalue weighted by molar-refractivity contribution is 5.87. The highest BCUT2D eigenvalue weighted by atomic mass is 16.1. The second-order valence-electron chi connectivity index (χ2n) is 3.75. The van der Waals surface area contributed by atoms with Crippen LogP contribution in [0.15, 0.2) is 6.20 Å². The fraction of sp³-hybridized carbons (Fsp3) is 0.667. The van der Waals surface area contributed by atoms with E-state index < -0.39 is 0 Å². The van der Waals surface area contributed by atoms with Crippen LogP contribution in [0.2, 0.25) is 0 Å². The van der Waals surface area contributed by atoms with E-state index in [0.717, 1.165) is 25.9 Å². The summed E-state index contributed by atoms with van der Waals surface area (Å²) < 4.78 is 1.84. The van der Waals surface area contributed by atoms with Gasteiger partial charge >= 0.3 is 0 Å². The summed E-state index contributed by atoms with van der Waals surface area (Å²) in [5.41, 5.74) is 0. The normalized spacial score (nSPS) is 17.7. The zero-order chi connectivity index (χ0) is 10.7. The van der Waals surface area contributed by atoms with Crippen molar-refractivity contribution >= 4 is 11.7 Å². The Morgan fingerprint density at radius 1 is 1.60 bits per heavy atom. The van der Waals surface area contributed by atoms with Gasteiger partial charge < -0.3 is 10.6 Å². The van der Waals surface area contributed by atoms with E-state index in [-0.39, 0.29) is 5.91 Å². The van der Waals surface area contributed by atoms with E-state index in [0.29, 0.717) is 11.9 Å². The van der Waals surface area contributed by atoms with Gasteiger partial charge in [0.15, 0.2) is 5.82 Å². The van der Waals surface area contributed by atoms with Gasteiger partial charge in [0.25, 0.3) is 0 Å². The molecule has 2 heterocycles. The van der Waals surface area contributed by atoms with Gasteiger partial charge in [-0.3, -0.25) is 4.79 Å². The average molecular weight is 209 g/mol. The molecule has 1 saturated heterocycles. The Kier molecular flexibility index (Phi) is 2.96. The van der Waals surface area contributed by atoms with Crippen LogP contribution in [-0.4, -0.2) is 34.0 Å². The number of anilines is 1. The van der Waals surface area contributed by atoms with Gasteiger partial charge in [0.1, 0.15) is 0 Å². The van der Waals surface area contributed by atoms with E-state index in [1.807, 2.05) is 4.68 Å². The average Bonchev–Trinajstić information content (AvgIpc) is 2.67. The molecule has 0 spiro atoms. The molecular weight excluding hydrogens is 194 g/mol. The lowest BCUT2D eigenvalue weighted by Gasteiger charge is -2.21. The quantitative estimate of drug-likeness (QED) is 0.728. The number of aromatic nitrogens is 3. The molecule has 0 aromatic carbocycles. The number of nitrogens with zero attached hydrogens (tertiary/aromatic N) is 3. The molecule has 0 saturated carbocycles. The number of rotatable bonds is 2. The predicted molar refractivity (Wildman–Crippen MR) is 55.5 cm³/mol. The van der Waals surface area contributed by atoms with Gasteiger partial charge in [-0.25, -0.2) is 4.68 Å². The number of hydrogen-bond acceptors (Lipinski definition) is 4. The molecule has 6 heteroatoms. The summed E-state index contributed by atoms with van der Waals surface area (Å²) in [5.74, 6) is 0.411. The van der Waals surface area contributed by atoms with Gasteiger partial charge in [-0.15, -0.1) is 5.10 Å². The lowest BCUT2D eigenvalue weighted by atomic mass is 10.1. The summed E-state index contributed by atoms with van der Waals surface area (Å²) in [6.45, 7) is 3.49. The molecule has 2 rings (SSSR count). The summed E-state index contributed by atoms with van der Waals surface area (Å²) in [5, 5.41) is 13.8. The first kappa shape index (κ1) is 10.1. The van der Waals surface area contributed by atoms with Crippen molar-refractivity contribution in [2.45, 2.75) is 25.8 Å². The van der Waals surface area contributed by atoms with E-state index in [9.17, 15) is 4.79 Å². The fourth-order valence-corrected chi connectivity index (χ4v) is 1.76. The van der Waals surface area contributed by atoms with Crippen LogP contribution in [0.1, 0.15) is 25.8 Å². The van der Waals surface area contributed by atoms with Crippen LogP contribution in [0.3, 0.4) is 0 Å². The largest absolute Gasteiger partial charge is 0.317 e. The van der Waals surface area contributed by atoms with Gasteiger partial charge in [0, 0.05) is 6.92 Å². The minimum Gasteiger partial charge on any atom is -0.317 e. The molecule has 1 aliphatic heterocycles. The predicted octanol–water partition coefficient (Wildman–Crippen LogP) is 0.161. The molecule has 0 unspecified atom stereocenters. The van der Waals surface area contributed by atoms with Crippen molar-refractivity contribution in [3.05, 3.63) is 6.20 Å². The highest BCUT2D eigenvalue weighted by Gasteiger charge is 2.16. The minimum atomic E-state index is -0.118. The van der Waals surface area contributed by atoms with E-state index in [1.165, 1.54) is 6.92 Å². The third-order valence-electron chi connectivity index (χ3n) is 2.50. The second kappa shape index (κ2) is 4.39. The lowest BCUT2D eigenvalue weighted by Crippen LogP contribution is -2.29. The Labute approximate surface area is 88.0 Å². The monoisotopic (exact) mass is 209 g/mol. The molecule has 1 aliphatic rings. The van der Waals surface area contributed by atoms with E-state index in [2.05, 4.69) is 20.9 Å². The molecule has 1 aromatic heterocycles. The molecule has 1 aromatic rings. The van der Waals surface area contributed by atoms with E-state index in [1.54, 1.807) is 6.20 Å². The molecule has 0 aliphatic carbocycles. The van der Waals surface area contributed by atoms with Crippen molar-refractivity contribution in [2.75, 3.05) is 18.4 Å². The van der Waals surface area contributed by atoms with Crippen LogP contribution in [0.25, 0.3) is 0 Å². The van der Waals surface area contributed by atoms with Gasteiger partial charge in [0.05, 0.1) is 12.2 Å². The van der Waals surface area contributed by atoms with Crippen LogP contribution >= 0.6 is 0 Å². The zero-order valence-electron chi connectivity index (χ0n) is 8.73. The zero-order valence-corrected chi connectivity index (χ0v) is 8.73. The Hall–Kier alpha value is -1.43. The summed E-state index contributed by atoms with van der Waals surface area (Å²) >= 11 is 0. The maximum Gasteiger partial charge on any atom is 0.222 e. The highest BCUT2D eigenvalue weighted by Crippen LogP contribution is 2.17. The lowest BCUT2D eigenvalue weighted by molar-refractivity contribution is -0.114. The third-order valence-corrected chi connectivity index (χ3v) is 2.50. The molecule has 0 radical (unpaired) electrons.